The van der Waals surface area contributed by atoms with E-state index in [1.807, 2.05) is 6.92 Å². The van der Waals surface area contributed by atoms with Crippen molar-refractivity contribution in [2.24, 2.45) is 0 Å². The van der Waals surface area contributed by atoms with Crippen LogP contribution in [-0.4, -0.2) is 23.2 Å². The van der Waals surface area contributed by atoms with Crippen LogP contribution in [-0.2, 0) is 0 Å². The Morgan fingerprint density at radius 1 is 1.39 bits per heavy atom. The number of amides is 1. The second kappa shape index (κ2) is 5.01. The molecule has 7 heteroatoms. The summed E-state index contributed by atoms with van der Waals surface area (Å²) in [6.45, 7) is 1.82. The van der Waals surface area contributed by atoms with E-state index in [1.165, 1.54) is 18.4 Å². The van der Waals surface area contributed by atoms with E-state index in [-0.39, 0.29) is 5.91 Å². The number of aryl methyl sites for hydroxylation is 1. The molecule has 0 saturated heterocycles. The fourth-order valence-corrected chi connectivity index (χ4v) is 1.97. The standard InChI is InChI=1S/C11H12N4O2S/c1-6-14-15-11(18-6)13-10(16)7-3-8(12)5-9(4-7)17-2/h3-5H,12H2,1-2H3,(H,13,15,16). The first-order chi connectivity index (χ1) is 8.58. The third kappa shape index (κ3) is 2.75. The minimum atomic E-state index is -0.295. The molecule has 0 aliphatic heterocycles. The van der Waals surface area contributed by atoms with Gasteiger partial charge in [0.05, 0.1) is 7.11 Å². The third-order valence-electron chi connectivity index (χ3n) is 2.17. The molecule has 1 aromatic heterocycles. The maximum atomic E-state index is 12.0. The molecule has 1 heterocycles. The van der Waals surface area contributed by atoms with Gasteiger partial charge in [-0.25, -0.2) is 0 Å². The average Bonchev–Trinajstić information content (AvgIpc) is 2.73. The van der Waals surface area contributed by atoms with E-state index in [4.69, 9.17) is 10.5 Å². The van der Waals surface area contributed by atoms with Crippen molar-refractivity contribution in [3.05, 3.63) is 28.8 Å². The summed E-state index contributed by atoms with van der Waals surface area (Å²) in [5.74, 6) is 0.241. The number of nitrogens with zero attached hydrogens (tertiary/aromatic N) is 2. The lowest BCUT2D eigenvalue weighted by molar-refractivity contribution is 0.102. The molecule has 3 N–H and O–H groups in total. The summed E-state index contributed by atoms with van der Waals surface area (Å²) in [7, 11) is 1.52. The first kappa shape index (κ1) is 12.3. The number of hydrogen-bond donors (Lipinski definition) is 2. The molecule has 0 aliphatic carbocycles. The van der Waals surface area contributed by atoms with Crippen molar-refractivity contribution in [3.63, 3.8) is 0 Å². The molecule has 0 fully saturated rings. The van der Waals surface area contributed by atoms with Gasteiger partial charge in [-0.3, -0.25) is 10.1 Å². The fourth-order valence-electron chi connectivity index (χ4n) is 1.39. The van der Waals surface area contributed by atoms with Crippen LogP contribution >= 0.6 is 11.3 Å². The van der Waals surface area contributed by atoms with Crippen LogP contribution in [0.25, 0.3) is 0 Å². The van der Waals surface area contributed by atoms with Gasteiger partial charge >= 0.3 is 0 Å². The predicted molar refractivity (Wildman–Crippen MR) is 70.0 cm³/mol. The number of hydrogen-bond acceptors (Lipinski definition) is 6. The van der Waals surface area contributed by atoms with Crippen LogP contribution in [0, 0.1) is 6.92 Å². The lowest BCUT2D eigenvalue weighted by Gasteiger charge is -2.05. The zero-order chi connectivity index (χ0) is 13.1. The smallest absolute Gasteiger partial charge is 0.257 e. The molecular weight excluding hydrogens is 252 g/mol. The molecular formula is C11H12N4O2S. The Balaban J connectivity index is 2.20. The molecule has 2 aromatic rings. The number of nitrogen functional groups attached to an aromatic ring is 1. The maximum absolute atomic E-state index is 12.0. The Labute approximate surface area is 108 Å². The van der Waals surface area contributed by atoms with E-state index >= 15 is 0 Å². The highest BCUT2D eigenvalue weighted by Gasteiger charge is 2.11. The molecule has 0 atom stereocenters. The molecule has 0 unspecified atom stereocenters. The Bertz CT molecular complexity index is 582. The molecule has 6 nitrogen and oxygen atoms in total. The van der Waals surface area contributed by atoms with Crippen molar-refractivity contribution in [1.82, 2.24) is 10.2 Å². The monoisotopic (exact) mass is 264 g/mol. The van der Waals surface area contributed by atoms with Crippen LogP contribution in [0.2, 0.25) is 0 Å². The van der Waals surface area contributed by atoms with E-state index in [0.29, 0.717) is 22.1 Å². The number of carbonyl (C=O) groups is 1. The largest absolute Gasteiger partial charge is 0.497 e. The fraction of sp³-hybridized carbons (Fsp3) is 0.182. The number of aromatic nitrogens is 2. The zero-order valence-electron chi connectivity index (χ0n) is 9.93. The molecule has 1 amide bonds. The molecule has 18 heavy (non-hydrogen) atoms. The van der Waals surface area contributed by atoms with Crippen molar-refractivity contribution in [1.29, 1.82) is 0 Å². The van der Waals surface area contributed by atoms with Crippen molar-refractivity contribution >= 4 is 28.1 Å². The number of anilines is 2. The van der Waals surface area contributed by atoms with E-state index < -0.39 is 0 Å². The number of nitrogens with two attached hydrogens (primary N) is 1. The summed E-state index contributed by atoms with van der Waals surface area (Å²) in [5.41, 5.74) is 6.57. The quantitative estimate of drug-likeness (QED) is 0.823. The van der Waals surface area contributed by atoms with E-state index in [2.05, 4.69) is 15.5 Å². The molecule has 0 radical (unpaired) electrons. The van der Waals surface area contributed by atoms with Gasteiger partial charge < -0.3 is 10.5 Å². The van der Waals surface area contributed by atoms with Gasteiger partial charge in [0.2, 0.25) is 5.13 Å². The Morgan fingerprint density at radius 3 is 2.78 bits per heavy atom. The maximum Gasteiger partial charge on any atom is 0.257 e. The lowest BCUT2D eigenvalue weighted by atomic mass is 10.2. The molecule has 0 saturated carbocycles. The van der Waals surface area contributed by atoms with Crippen LogP contribution in [0.5, 0.6) is 5.75 Å². The Morgan fingerprint density at radius 2 is 2.17 bits per heavy atom. The van der Waals surface area contributed by atoms with Crippen molar-refractivity contribution in [2.45, 2.75) is 6.92 Å². The number of carbonyl (C=O) groups excluding carboxylic acids is 1. The summed E-state index contributed by atoms with van der Waals surface area (Å²) in [5, 5.41) is 11.5. The SMILES string of the molecule is COc1cc(N)cc(C(=O)Nc2nnc(C)s2)c1. The third-order valence-corrected chi connectivity index (χ3v) is 2.93. The van der Waals surface area contributed by atoms with Gasteiger partial charge in [0.15, 0.2) is 0 Å². The van der Waals surface area contributed by atoms with Crippen LogP contribution < -0.4 is 15.8 Å². The van der Waals surface area contributed by atoms with E-state index in [1.54, 1.807) is 18.2 Å². The Hall–Kier alpha value is -2.15. The lowest BCUT2D eigenvalue weighted by Crippen LogP contribution is -2.12. The number of methoxy groups -OCH3 is 1. The summed E-state index contributed by atoms with van der Waals surface area (Å²) in [6, 6.07) is 4.83. The van der Waals surface area contributed by atoms with Gasteiger partial charge in [0.1, 0.15) is 10.8 Å². The van der Waals surface area contributed by atoms with E-state index in [9.17, 15) is 4.79 Å². The van der Waals surface area contributed by atoms with Crippen molar-refractivity contribution in [2.75, 3.05) is 18.2 Å². The molecule has 0 aliphatic rings. The molecule has 94 valence electrons. The molecule has 0 spiro atoms. The second-order valence-corrected chi connectivity index (χ2v) is 4.76. The van der Waals surface area contributed by atoms with Crippen LogP contribution in [0.4, 0.5) is 10.8 Å². The number of rotatable bonds is 3. The highest BCUT2D eigenvalue weighted by Crippen LogP contribution is 2.20. The Kier molecular flexibility index (Phi) is 3.42. The van der Waals surface area contributed by atoms with Crippen molar-refractivity contribution < 1.29 is 9.53 Å². The van der Waals surface area contributed by atoms with E-state index in [0.717, 1.165) is 5.01 Å². The topological polar surface area (TPSA) is 90.1 Å². The van der Waals surface area contributed by atoms with Gasteiger partial charge in [0, 0.05) is 17.3 Å². The normalized spacial score (nSPS) is 10.1. The molecule has 1 aromatic carbocycles. The molecule has 0 bridgehead atoms. The summed E-state index contributed by atoms with van der Waals surface area (Å²) >= 11 is 1.31. The van der Waals surface area contributed by atoms with Gasteiger partial charge in [-0.05, 0) is 19.1 Å². The predicted octanol–water partition coefficient (Wildman–Crippen LogP) is 1.69. The number of nitrogens with one attached hydrogen (secondary N) is 1. The number of ether oxygens (including phenoxy) is 1. The highest BCUT2D eigenvalue weighted by atomic mass is 32.1. The minimum Gasteiger partial charge on any atom is -0.497 e. The van der Waals surface area contributed by atoms with Crippen molar-refractivity contribution in [3.8, 4) is 5.75 Å². The number of benzene rings is 1. The van der Waals surface area contributed by atoms with Gasteiger partial charge in [-0.15, -0.1) is 10.2 Å². The zero-order valence-corrected chi connectivity index (χ0v) is 10.7. The van der Waals surface area contributed by atoms with Gasteiger partial charge in [-0.2, -0.15) is 0 Å². The van der Waals surface area contributed by atoms with Crippen LogP contribution in [0.3, 0.4) is 0 Å². The highest BCUT2D eigenvalue weighted by molar-refractivity contribution is 7.15. The first-order valence-corrected chi connectivity index (χ1v) is 5.96. The van der Waals surface area contributed by atoms with Crippen LogP contribution in [0.15, 0.2) is 18.2 Å². The molecule has 2 rings (SSSR count). The summed E-state index contributed by atoms with van der Waals surface area (Å²) in [6.07, 6.45) is 0. The van der Waals surface area contributed by atoms with Crippen LogP contribution in [0.1, 0.15) is 15.4 Å². The summed E-state index contributed by atoms with van der Waals surface area (Å²) in [4.78, 5) is 12.0. The average molecular weight is 264 g/mol. The minimum absolute atomic E-state index is 0.295. The second-order valence-electron chi connectivity index (χ2n) is 3.58. The van der Waals surface area contributed by atoms with Gasteiger partial charge in [-0.1, -0.05) is 11.3 Å². The van der Waals surface area contributed by atoms with Gasteiger partial charge in [0.25, 0.3) is 5.91 Å². The summed E-state index contributed by atoms with van der Waals surface area (Å²) < 4.78 is 5.05. The first-order valence-electron chi connectivity index (χ1n) is 5.14.